The van der Waals surface area contributed by atoms with Gasteiger partial charge in [-0.3, -0.25) is 13.9 Å². The van der Waals surface area contributed by atoms with Gasteiger partial charge in [-0.05, 0) is 62.6 Å². The molecule has 7 nitrogen and oxygen atoms in total. The van der Waals surface area contributed by atoms with E-state index in [1.165, 1.54) is 11.0 Å². The Balaban J connectivity index is 2.51. The van der Waals surface area contributed by atoms with Crippen LogP contribution in [0.1, 0.15) is 38.3 Å². The highest BCUT2D eigenvalue weighted by molar-refractivity contribution is 7.92. The van der Waals surface area contributed by atoms with E-state index in [0.717, 1.165) is 10.6 Å². The van der Waals surface area contributed by atoms with Crippen LogP contribution in [0.3, 0.4) is 0 Å². The summed E-state index contributed by atoms with van der Waals surface area (Å²) in [5.41, 5.74) is 1.57. The lowest BCUT2D eigenvalue weighted by molar-refractivity contribution is -0.140. The molecule has 0 aromatic heterocycles. The van der Waals surface area contributed by atoms with Crippen LogP contribution in [0.4, 0.5) is 5.69 Å². The molecule has 0 bridgehead atoms. The van der Waals surface area contributed by atoms with E-state index in [0.29, 0.717) is 38.3 Å². The molecular weight excluding hydrogens is 533 g/mol. The molecule has 2 aromatic rings. The average molecular weight is 563 g/mol. The van der Waals surface area contributed by atoms with Gasteiger partial charge < -0.3 is 10.2 Å². The number of benzene rings is 2. The number of hydrogen-bond donors (Lipinski definition) is 1. The first kappa shape index (κ1) is 29.2. The van der Waals surface area contributed by atoms with E-state index < -0.39 is 28.5 Å². The summed E-state index contributed by atoms with van der Waals surface area (Å²) in [6.07, 6.45) is 1.34. The van der Waals surface area contributed by atoms with Crippen molar-refractivity contribution in [3.8, 4) is 0 Å². The second kappa shape index (κ2) is 12.3. The van der Waals surface area contributed by atoms with Crippen molar-refractivity contribution in [3.63, 3.8) is 0 Å². The Morgan fingerprint density at radius 3 is 2.23 bits per heavy atom. The highest BCUT2D eigenvalue weighted by Crippen LogP contribution is 2.28. The van der Waals surface area contributed by atoms with Gasteiger partial charge in [-0.2, -0.15) is 0 Å². The minimum atomic E-state index is -3.85. The maximum absolute atomic E-state index is 13.7. The molecule has 0 aliphatic heterocycles. The summed E-state index contributed by atoms with van der Waals surface area (Å²) in [6, 6.07) is 8.78. The lowest BCUT2D eigenvalue weighted by atomic mass is 10.1. The van der Waals surface area contributed by atoms with Crippen molar-refractivity contribution < 1.29 is 18.0 Å². The van der Waals surface area contributed by atoms with Crippen LogP contribution in [0.5, 0.6) is 0 Å². The highest BCUT2D eigenvalue weighted by atomic mass is 35.5. The molecule has 0 unspecified atom stereocenters. The molecule has 0 aliphatic carbocycles. The van der Waals surface area contributed by atoms with Gasteiger partial charge in [-0.1, -0.05) is 53.9 Å². The standard InChI is InChI=1S/C24H30Cl3N3O4S/c1-6-21(24(32)28-15(2)3)29(13-17-8-10-19(26)20(27)11-17)23(31)14-30(35(5,33)34)22-12-18(25)9-7-16(22)4/h7-12,15,21H,6,13-14H2,1-5H3,(H,28,32)/t21-/m0/s1. The largest absolute Gasteiger partial charge is 0.352 e. The van der Waals surface area contributed by atoms with Crippen molar-refractivity contribution >= 4 is 62.3 Å². The summed E-state index contributed by atoms with van der Waals surface area (Å²) < 4.78 is 26.4. The molecule has 35 heavy (non-hydrogen) atoms. The first-order valence-electron chi connectivity index (χ1n) is 11.0. The summed E-state index contributed by atoms with van der Waals surface area (Å²) in [6.45, 7) is 6.69. The SMILES string of the molecule is CC[C@@H](C(=O)NC(C)C)N(Cc1ccc(Cl)c(Cl)c1)C(=O)CN(c1cc(Cl)ccc1C)S(C)(=O)=O. The van der Waals surface area contributed by atoms with Gasteiger partial charge in [-0.15, -0.1) is 0 Å². The van der Waals surface area contributed by atoms with Crippen molar-refractivity contribution in [3.05, 3.63) is 62.6 Å². The third kappa shape index (κ3) is 8.00. The van der Waals surface area contributed by atoms with E-state index in [4.69, 9.17) is 34.8 Å². The molecule has 1 atom stereocenters. The van der Waals surface area contributed by atoms with Gasteiger partial charge in [0.1, 0.15) is 12.6 Å². The van der Waals surface area contributed by atoms with Crippen LogP contribution >= 0.6 is 34.8 Å². The smallest absolute Gasteiger partial charge is 0.244 e. The number of aryl methyl sites for hydroxylation is 1. The molecule has 0 saturated heterocycles. The molecule has 0 fully saturated rings. The molecule has 2 aromatic carbocycles. The van der Waals surface area contributed by atoms with Gasteiger partial charge in [0.2, 0.25) is 21.8 Å². The number of carbonyl (C=O) groups excluding carboxylic acids is 2. The second-order valence-electron chi connectivity index (χ2n) is 8.56. The second-order valence-corrected chi connectivity index (χ2v) is 11.7. The fourth-order valence-electron chi connectivity index (χ4n) is 3.58. The van der Waals surface area contributed by atoms with Gasteiger partial charge >= 0.3 is 0 Å². The number of rotatable bonds is 10. The van der Waals surface area contributed by atoms with Crippen LogP contribution in [0.2, 0.25) is 15.1 Å². The van der Waals surface area contributed by atoms with E-state index in [9.17, 15) is 18.0 Å². The van der Waals surface area contributed by atoms with E-state index >= 15 is 0 Å². The number of sulfonamides is 1. The number of nitrogens with zero attached hydrogens (tertiary/aromatic N) is 2. The van der Waals surface area contributed by atoms with Crippen molar-refractivity contribution in [2.75, 3.05) is 17.1 Å². The fourth-order valence-corrected chi connectivity index (χ4v) is 4.97. The summed E-state index contributed by atoms with van der Waals surface area (Å²) in [4.78, 5) is 28.0. The van der Waals surface area contributed by atoms with E-state index in [1.54, 1.807) is 44.2 Å². The summed E-state index contributed by atoms with van der Waals surface area (Å²) in [7, 11) is -3.85. The molecule has 0 heterocycles. The van der Waals surface area contributed by atoms with Crippen LogP contribution < -0.4 is 9.62 Å². The van der Waals surface area contributed by atoms with Gasteiger partial charge in [-0.25, -0.2) is 8.42 Å². The first-order valence-corrected chi connectivity index (χ1v) is 14.0. The number of halogens is 3. The van der Waals surface area contributed by atoms with Gasteiger partial charge in [0.15, 0.2) is 0 Å². The topological polar surface area (TPSA) is 86.8 Å². The molecule has 2 rings (SSSR count). The Bertz CT molecular complexity index is 1190. The minimum Gasteiger partial charge on any atom is -0.352 e. The Kier molecular flexibility index (Phi) is 10.3. The van der Waals surface area contributed by atoms with Crippen LogP contribution in [0.25, 0.3) is 0 Å². The number of carbonyl (C=O) groups is 2. The van der Waals surface area contributed by atoms with Crippen LogP contribution in [0, 0.1) is 6.92 Å². The van der Waals surface area contributed by atoms with Gasteiger partial charge in [0.25, 0.3) is 0 Å². The maximum Gasteiger partial charge on any atom is 0.244 e. The molecule has 0 saturated carbocycles. The van der Waals surface area contributed by atoms with Crippen molar-refractivity contribution in [2.45, 2.75) is 52.7 Å². The molecule has 1 N–H and O–H groups in total. The fraction of sp³-hybridized carbons (Fsp3) is 0.417. The zero-order valence-electron chi connectivity index (χ0n) is 20.3. The van der Waals surface area contributed by atoms with Crippen LogP contribution in [-0.4, -0.2) is 50.0 Å². The van der Waals surface area contributed by atoms with Crippen molar-refractivity contribution in [1.82, 2.24) is 10.2 Å². The number of amides is 2. The average Bonchev–Trinajstić information content (AvgIpc) is 2.74. The molecule has 11 heteroatoms. The quantitative estimate of drug-likeness (QED) is 0.439. The lowest BCUT2D eigenvalue weighted by Crippen LogP contribution is -2.53. The summed E-state index contributed by atoms with van der Waals surface area (Å²) in [5, 5.41) is 3.84. The molecule has 0 aliphatic rings. The monoisotopic (exact) mass is 561 g/mol. The molecule has 0 spiro atoms. The maximum atomic E-state index is 13.7. The Morgan fingerprint density at radius 2 is 1.69 bits per heavy atom. The zero-order valence-corrected chi connectivity index (χ0v) is 23.4. The molecule has 192 valence electrons. The third-order valence-corrected chi connectivity index (χ3v) is 7.37. The highest BCUT2D eigenvalue weighted by Gasteiger charge is 2.32. The predicted octanol–water partition coefficient (Wildman–Crippen LogP) is 5.05. The minimum absolute atomic E-state index is 0.0336. The summed E-state index contributed by atoms with van der Waals surface area (Å²) >= 11 is 18.3. The number of hydrogen-bond acceptors (Lipinski definition) is 4. The molecule has 0 radical (unpaired) electrons. The lowest BCUT2D eigenvalue weighted by Gasteiger charge is -2.33. The summed E-state index contributed by atoms with van der Waals surface area (Å²) in [5.74, 6) is -0.882. The third-order valence-electron chi connectivity index (χ3n) is 5.27. The van der Waals surface area contributed by atoms with Crippen LogP contribution in [-0.2, 0) is 26.2 Å². The number of anilines is 1. The molecule has 2 amide bonds. The Labute approximate surface area is 222 Å². The van der Waals surface area contributed by atoms with E-state index in [1.807, 2.05) is 13.8 Å². The van der Waals surface area contributed by atoms with Gasteiger partial charge in [0.05, 0.1) is 22.0 Å². The van der Waals surface area contributed by atoms with E-state index in [2.05, 4.69) is 5.32 Å². The first-order chi connectivity index (χ1) is 16.2. The van der Waals surface area contributed by atoms with Crippen molar-refractivity contribution in [1.29, 1.82) is 0 Å². The van der Waals surface area contributed by atoms with Crippen molar-refractivity contribution in [2.24, 2.45) is 0 Å². The van der Waals surface area contributed by atoms with E-state index in [-0.39, 0.29) is 18.5 Å². The zero-order chi connectivity index (χ0) is 26.5. The number of nitrogens with one attached hydrogen (secondary N) is 1. The Morgan fingerprint density at radius 1 is 1.03 bits per heavy atom. The van der Waals surface area contributed by atoms with Crippen LogP contribution in [0.15, 0.2) is 36.4 Å². The van der Waals surface area contributed by atoms with Gasteiger partial charge in [0, 0.05) is 17.6 Å². The Hall–Kier alpha value is -2.00. The predicted molar refractivity (Wildman–Crippen MR) is 143 cm³/mol. The normalized spacial score (nSPS) is 12.4. The molecular formula is C24H30Cl3N3O4S.